The van der Waals surface area contributed by atoms with Gasteiger partial charge in [-0.25, -0.2) is 0 Å². The number of alkyl halides is 1. The zero-order valence-corrected chi connectivity index (χ0v) is 14.6. The van der Waals surface area contributed by atoms with Gasteiger partial charge in [0.25, 0.3) is 0 Å². The summed E-state index contributed by atoms with van der Waals surface area (Å²) in [6, 6.07) is 0. The van der Waals surface area contributed by atoms with Crippen LogP contribution in [-0.4, -0.2) is 24.5 Å². The van der Waals surface area contributed by atoms with Gasteiger partial charge in [0.15, 0.2) is 0 Å². The first-order valence-corrected chi connectivity index (χ1v) is 8.62. The maximum atomic E-state index is 11.8. The molecule has 0 saturated carbocycles. The van der Waals surface area contributed by atoms with Crippen LogP contribution in [0.1, 0.15) is 27.2 Å². The Balaban J connectivity index is 2.41. The molecule has 0 unspecified atom stereocenters. The minimum absolute atomic E-state index is 0.163. The van der Waals surface area contributed by atoms with E-state index in [0.717, 1.165) is 11.8 Å². The van der Waals surface area contributed by atoms with Crippen LogP contribution in [0.4, 0.5) is 0 Å². The molecule has 0 fully saturated rings. The van der Waals surface area contributed by atoms with Gasteiger partial charge >= 0.3 is 5.97 Å². The molecule has 0 aliphatic heterocycles. The van der Waals surface area contributed by atoms with Crippen molar-refractivity contribution in [1.29, 1.82) is 0 Å². The fourth-order valence-electron chi connectivity index (χ4n) is 1.53. The number of rotatable bonds is 7. The predicted molar refractivity (Wildman–Crippen MR) is 89.7 cm³/mol. The smallest absolute Gasteiger partial charge is 0.312 e. The van der Waals surface area contributed by atoms with Crippen molar-refractivity contribution in [2.75, 3.05) is 18.5 Å². The van der Waals surface area contributed by atoms with Crippen LogP contribution >= 0.6 is 27.9 Å². The molecular weight excluding hydrogens is 338 g/mol. The molecule has 0 atom stereocenters. The minimum Gasteiger partial charge on any atom is -0.466 e. The molecule has 5 heteroatoms. The second kappa shape index (κ2) is 8.70. The van der Waals surface area contributed by atoms with E-state index in [1.54, 1.807) is 11.9 Å². The van der Waals surface area contributed by atoms with Crippen LogP contribution in [0.5, 0.6) is 0 Å². The number of carbonyl (C=O) groups is 1. The van der Waals surface area contributed by atoms with Gasteiger partial charge in [0.05, 0.1) is 12.0 Å². The van der Waals surface area contributed by atoms with Crippen LogP contribution in [0, 0.1) is 5.41 Å². The molecule has 112 valence electrons. The summed E-state index contributed by atoms with van der Waals surface area (Å²) in [6.07, 6.45) is 9.37. The van der Waals surface area contributed by atoms with Gasteiger partial charge in [-0.2, -0.15) is 0 Å². The first-order valence-electron chi connectivity index (χ1n) is 6.68. The second-order valence-corrected chi connectivity index (χ2v) is 6.71. The third-order valence-corrected chi connectivity index (χ3v) is 4.36. The van der Waals surface area contributed by atoms with Gasteiger partial charge in [0.1, 0.15) is 0 Å². The monoisotopic (exact) mass is 359 g/mol. The summed E-state index contributed by atoms with van der Waals surface area (Å²) in [5.74, 6) is -0.163. The lowest BCUT2D eigenvalue weighted by atomic mass is 9.94. The first kappa shape index (κ1) is 17.5. The topological polar surface area (TPSA) is 38.3 Å². The molecule has 0 aromatic heterocycles. The van der Waals surface area contributed by atoms with E-state index < -0.39 is 5.41 Å². The Morgan fingerprint density at radius 3 is 2.95 bits per heavy atom. The molecule has 1 rings (SSSR count). The van der Waals surface area contributed by atoms with E-state index in [-0.39, 0.29) is 5.97 Å². The van der Waals surface area contributed by atoms with Crippen molar-refractivity contribution >= 4 is 33.8 Å². The summed E-state index contributed by atoms with van der Waals surface area (Å²) in [5, 5.41) is 0.874. The van der Waals surface area contributed by atoms with Gasteiger partial charge in [-0.15, -0.1) is 0 Å². The SMILES string of the molecule is CCOC(=O)C(C)(C)CNSC1=CC=CC(CBr)=CC1. The van der Waals surface area contributed by atoms with Gasteiger partial charge in [0.2, 0.25) is 0 Å². The van der Waals surface area contributed by atoms with E-state index in [9.17, 15) is 4.79 Å². The normalized spacial score (nSPS) is 15.4. The molecule has 0 amide bonds. The minimum atomic E-state index is -0.513. The molecule has 0 saturated heterocycles. The van der Waals surface area contributed by atoms with Gasteiger partial charge in [-0.05, 0) is 44.7 Å². The van der Waals surface area contributed by atoms with Crippen LogP contribution in [-0.2, 0) is 9.53 Å². The predicted octanol–water partition coefficient (Wildman–Crippen LogP) is 3.98. The highest BCUT2D eigenvalue weighted by molar-refractivity contribution is 9.09. The summed E-state index contributed by atoms with van der Waals surface area (Å²) in [5.41, 5.74) is 0.768. The van der Waals surface area contributed by atoms with E-state index >= 15 is 0 Å². The van der Waals surface area contributed by atoms with E-state index in [1.165, 1.54) is 10.5 Å². The largest absolute Gasteiger partial charge is 0.466 e. The molecule has 3 nitrogen and oxygen atoms in total. The fourth-order valence-corrected chi connectivity index (χ4v) is 2.88. The number of hydrogen-bond donors (Lipinski definition) is 1. The van der Waals surface area contributed by atoms with Crippen molar-refractivity contribution < 1.29 is 9.53 Å². The zero-order valence-electron chi connectivity index (χ0n) is 12.2. The van der Waals surface area contributed by atoms with Crippen LogP contribution in [0.2, 0.25) is 0 Å². The molecule has 1 N–H and O–H groups in total. The Morgan fingerprint density at radius 2 is 2.30 bits per heavy atom. The highest BCUT2D eigenvalue weighted by atomic mass is 79.9. The van der Waals surface area contributed by atoms with Gasteiger partial charge < -0.3 is 4.74 Å². The maximum absolute atomic E-state index is 11.8. The molecule has 1 aliphatic carbocycles. The Labute approximate surface area is 134 Å². The molecule has 0 radical (unpaired) electrons. The number of ether oxygens (including phenoxy) is 1. The van der Waals surface area contributed by atoms with E-state index in [4.69, 9.17) is 4.74 Å². The lowest BCUT2D eigenvalue weighted by Crippen LogP contribution is -2.35. The molecule has 0 bridgehead atoms. The van der Waals surface area contributed by atoms with E-state index in [0.29, 0.717) is 13.2 Å². The van der Waals surface area contributed by atoms with Gasteiger partial charge in [-0.3, -0.25) is 9.52 Å². The summed E-state index contributed by atoms with van der Waals surface area (Å²) >= 11 is 5.04. The lowest BCUT2D eigenvalue weighted by Gasteiger charge is -2.22. The number of esters is 1. The number of carbonyl (C=O) groups excluding carboxylic acids is 1. The maximum Gasteiger partial charge on any atom is 0.312 e. The first-order chi connectivity index (χ1) is 9.49. The summed E-state index contributed by atoms with van der Waals surface area (Å²) < 4.78 is 8.34. The van der Waals surface area contributed by atoms with Crippen LogP contribution in [0.25, 0.3) is 0 Å². The number of halogens is 1. The highest BCUT2D eigenvalue weighted by Crippen LogP contribution is 2.23. The molecule has 0 heterocycles. The molecular formula is C15H22BrNO2S. The number of hydrogen-bond acceptors (Lipinski definition) is 4. The summed E-state index contributed by atoms with van der Waals surface area (Å²) in [7, 11) is 0. The number of allylic oxidation sites excluding steroid dienone is 6. The fraction of sp³-hybridized carbons (Fsp3) is 0.533. The van der Waals surface area contributed by atoms with Gasteiger partial charge in [-0.1, -0.05) is 40.2 Å². The average Bonchev–Trinajstić information content (AvgIpc) is 2.64. The molecule has 0 aromatic carbocycles. The Bertz CT molecular complexity index is 428. The Hall–Kier alpha value is -0.520. The van der Waals surface area contributed by atoms with Crippen LogP contribution < -0.4 is 4.72 Å². The van der Waals surface area contributed by atoms with Gasteiger partial charge in [0, 0.05) is 16.8 Å². The third kappa shape index (κ3) is 5.85. The number of nitrogens with one attached hydrogen (secondary N) is 1. The Kier molecular flexibility index (Phi) is 7.62. The van der Waals surface area contributed by atoms with Crippen molar-refractivity contribution in [2.24, 2.45) is 5.41 Å². The van der Waals surface area contributed by atoms with Crippen molar-refractivity contribution in [3.63, 3.8) is 0 Å². The van der Waals surface area contributed by atoms with Crippen molar-refractivity contribution in [1.82, 2.24) is 4.72 Å². The summed E-state index contributed by atoms with van der Waals surface area (Å²) in [4.78, 5) is 13.0. The second-order valence-electron chi connectivity index (χ2n) is 5.14. The van der Waals surface area contributed by atoms with Crippen molar-refractivity contribution in [2.45, 2.75) is 27.2 Å². The van der Waals surface area contributed by atoms with E-state index in [1.807, 2.05) is 20.8 Å². The average molecular weight is 360 g/mol. The molecule has 0 spiro atoms. The highest BCUT2D eigenvalue weighted by Gasteiger charge is 2.28. The summed E-state index contributed by atoms with van der Waals surface area (Å²) in [6.45, 7) is 6.61. The quantitative estimate of drug-likeness (QED) is 0.423. The van der Waals surface area contributed by atoms with Crippen LogP contribution in [0.15, 0.2) is 34.8 Å². The molecule has 1 aliphatic rings. The lowest BCUT2D eigenvalue weighted by molar-refractivity contribution is -0.152. The molecule has 20 heavy (non-hydrogen) atoms. The van der Waals surface area contributed by atoms with Crippen LogP contribution in [0.3, 0.4) is 0 Å². The standard InChI is InChI=1S/C15H22BrNO2S/c1-4-19-14(18)15(2,3)11-17-20-13-7-5-6-12(10-16)8-9-13/h5-8,17H,4,9-11H2,1-3H3. The molecule has 0 aromatic rings. The van der Waals surface area contributed by atoms with Crippen molar-refractivity contribution in [3.8, 4) is 0 Å². The van der Waals surface area contributed by atoms with Crippen molar-refractivity contribution in [3.05, 3.63) is 34.8 Å². The Morgan fingerprint density at radius 1 is 1.55 bits per heavy atom. The van der Waals surface area contributed by atoms with E-state index in [2.05, 4.69) is 45.0 Å². The third-order valence-electron chi connectivity index (χ3n) is 2.86. The zero-order chi connectivity index (χ0) is 15.0.